The van der Waals surface area contributed by atoms with E-state index in [9.17, 15) is 9.59 Å². The van der Waals surface area contributed by atoms with Crippen molar-refractivity contribution in [1.82, 2.24) is 5.32 Å². The molecule has 2 amide bonds. The van der Waals surface area contributed by atoms with Gasteiger partial charge in [0.25, 0.3) is 5.91 Å². The predicted octanol–water partition coefficient (Wildman–Crippen LogP) is 3.89. The number of halogens is 1. The van der Waals surface area contributed by atoms with Gasteiger partial charge in [0.15, 0.2) is 0 Å². The molecule has 5 nitrogen and oxygen atoms in total. The molecule has 1 atom stereocenters. The molecule has 2 aromatic rings. The summed E-state index contributed by atoms with van der Waals surface area (Å²) in [5.74, 6) is 0.232. The molecule has 146 valence electrons. The van der Waals surface area contributed by atoms with E-state index < -0.39 is 0 Å². The number of anilines is 1. The summed E-state index contributed by atoms with van der Waals surface area (Å²) in [4.78, 5) is 27.9. The third-order valence-electron chi connectivity index (χ3n) is 4.96. The SMILES string of the molecule is O=C(NCC1CCCO1)c1ccc2c(c1)N(Cc1ccccc1Cl)C(=O)CS2. The Morgan fingerprint density at radius 1 is 1.29 bits per heavy atom. The van der Waals surface area contributed by atoms with Crippen LogP contribution in [0.4, 0.5) is 5.69 Å². The van der Waals surface area contributed by atoms with Crippen LogP contribution in [0.5, 0.6) is 0 Å². The van der Waals surface area contributed by atoms with Crippen LogP contribution in [0.1, 0.15) is 28.8 Å². The second-order valence-electron chi connectivity index (χ2n) is 6.89. The van der Waals surface area contributed by atoms with Crippen molar-refractivity contribution < 1.29 is 14.3 Å². The van der Waals surface area contributed by atoms with E-state index in [4.69, 9.17) is 16.3 Å². The van der Waals surface area contributed by atoms with Crippen LogP contribution in [0.15, 0.2) is 47.4 Å². The van der Waals surface area contributed by atoms with Crippen LogP contribution in [0, 0.1) is 0 Å². The molecular formula is C21H21ClN2O3S. The van der Waals surface area contributed by atoms with Gasteiger partial charge < -0.3 is 15.0 Å². The fraction of sp³-hybridized carbons (Fsp3) is 0.333. The van der Waals surface area contributed by atoms with Crippen LogP contribution in [0.2, 0.25) is 5.02 Å². The molecule has 4 rings (SSSR count). The molecule has 1 unspecified atom stereocenters. The van der Waals surface area contributed by atoms with Crippen molar-refractivity contribution in [2.45, 2.75) is 30.4 Å². The molecule has 1 fully saturated rings. The number of hydrogen-bond acceptors (Lipinski definition) is 4. The van der Waals surface area contributed by atoms with E-state index >= 15 is 0 Å². The molecule has 0 radical (unpaired) electrons. The number of thioether (sulfide) groups is 1. The van der Waals surface area contributed by atoms with Gasteiger partial charge in [0, 0.05) is 28.6 Å². The summed E-state index contributed by atoms with van der Waals surface area (Å²) in [6, 6.07) is 13.0. The van der Waals surface area contributed by atoms with Gasteiger partial charge in [-0.05, 0) is 42.7 Å². The van der Waals surface area contributed by atoms with Gasteiger partial charge in [0.05, 0.1) is 24.1 Å². The Labute approximate surface area is 173 Å². The minimum Gasteiger partial charge on any atom is -0.376 e. The van der Waals surface area contributed by atoms with E-state index in [1.54, 1.807) is 17.0 Å². The summed E-state index contributed by atoms with van der Waals surface area (Å²) < 4.78 is 5.56. The summed E-state index contributed by atoms with van der Waals surface area (Å²) in [7, 11) is 0. The predicted molar refractivity (Wildman–Crippen MR) is 111 cm³/mol. The maximum absolute atomic E-state index is 12.6. The molecule has 0 aromatic heterocycles. The van der Waals surface area contributed by atoms with Crippen LogP contribution >= 0.6 is 23.4 Å². The first-order valence-corrected chi connectivity index (χ1v) is 10.7. The molecule has 2 heterocycles. The van der Waals surface area contributed by atoms with E-state index in [0.29, 0.717) is 29.4 Å². The zero-order valence-electron chi connectivity index (χ0n) is 15.3. The summed E-state index contributed by atoms with van der Waals surface area (Å²) in [6.45, 7) is 1.65. The van der Waals surface area contributed by atoms with E-state index in [1.807, 2.05) is 30.3 Å². The number of carbonyl (C=O) groups excluding carboxylic acids is 2. The number of rotatable bonds is 5. The summed E-state index contributed by atoms with van der Waals surface area (Å²) in [5, 5.41) is 3.56. The maximum Gasteiger partial charge on any atom is 0.251 e. The van der Waals surface area contributed by atoms with Gasteiger partial charge in [-0.2, -0.15) is 0 Å². The fourth-order valence-electron chi connectivity index (χ4n) is 3.43. The van der Waals surface area contributed by atoms with Crippen molar-refractivity contribution in [1.29, 1.82) is 0 Å². The van der Waals surface area contributed by atoms with E-state index in [2.05, 4.69) is 5.32 Å². The highest BCUT2D eigenvalue weighted by molar-refractivity contribution is 8.00. The third kappa shape index (κ3) is 4.19. The Morgan fingerprint density at radius 2 is 2.14 bits per heavy atom. The van der Waals surface area contributed by atoms with Crippen molar-refractivity contribution in [3.8, 4) is 0 Å². The van der Waals surface area contributed by atoms with Crippen LogP contribution in [-0.2, 0) is 16.1 Å². The molecule has 2 aliphatic heterocycles. The maximum atomic E-state index is 12.6. The number of hydrogen-bond donors (Lipinski definition) is 1. The monoisotopic (exact) mass is 416 g/mol. The van der Waals surface area contributed by atoms with Crippen molar-refractivity contribution in [2.24, 2.45) is 0 Å². The summed E-state index contributed by atoms with van der Waals surface area (Å²) >= 11 is 7.78. The van der Waals surface area contributed by atoms with E-state index in [0.717, 1.165) is 35.6 Å². The normalized spacial score (nSPS) is 18.8. The summed E-state index contributed by atoms with van der Waals surface area (Å²) in [5.41, 5.74) is 2.17. The van der Waals surface area contributed by atoms with Crippen molar-refractivity contribution in [3.63, 3.8) is 0 Å². The lowest BCUT2D eigenvalue weighted by molar-refractivity contribution is -0.116. The Hall–Kier alpha value is -2.02. The molecule has 2 aromatic carbocycles. The average Bonchev–Trinajstić information content (AvgIpc) is 3.23. The molecule has 28 heavy (non-hydrogen) atoms. The van der Waals surface area contributed by atoms with Crippen LogP contribution in [-0.4, -0.2) is 36.8 Å². The first-order valence-electron chi connectivity index (χ1n) is 9.32. The first kappa shape index (κ1) is 19.3. The highest BCUT2D eigenvalue weighted by atomic mass is 35.5. The van der Waals surface area contributed by atoms with Gasteiger partial charge in [-0.1, -0.05) is 29.8 Å². The molecule has 7 heteroatoms. The highest BCUT2D eigenvalue weighted by Gasteiger charge is 2.26. The van der Waals surface area contributed by atoms with Crippen LogP contribution < -0.4 is 10.2 Å². The lowest BCUT2D eigenvalue weighted by atomic mass is 10.1. The highest BCUT2D eigenvalue weighted by Crippen LogP contribution is 2.37. The Morgan fingerprint density at radius 3 is 2.93 bits per heavy atom. The molecular weight excluding hydrogens is 396 g/mol. The quantitative estimate of drug-likeness (QED) is 0.803. The lowest BCUT2D eigenvalue weighted by Crippen LogP contribution is -2.35. The van der Waals surface area contributed by atoms with E-state index in [-0.39, 0.29) is 17.9 Å². The molecule has 1 saturated heterocycles. The molecule has 1 N–H and O–H groups in total. The van der Waals surface area contributed by atoms with Gasteiger partial charge >= 0.3 is 0 Å². The topological polar surface area (TPSA) is 58.6 Å². The minimum absolute atomic E-state index is 0.00864. The second kappa shape index (κ2) is 8.55. The van der Waals surface area contributed by atoms with Crippen molar-refractivity contribution >= 4 is 40.9 Å². The first-order chi connectivity index (χ1) is 13.6. The van der Waals surface area contributed by atoms with Gasteiger partial charge in [-0.15, -0.1) is 11.8 Å². The number of nitrogens with one attached hydrogen (secondary N) is 1. The minimum atomic E-state index is -0.154. The van der Waals surface area contributed by atoms with E-state index in [1.165, 1.54) is 11.8 Å². The lowest BCUT2D eigenvalue weighted by Gasteiger charge is -2.29. The largest absolute Gasteiger partial charge is 0.376 e. The number of carbonyl (C=O) groups is 2. The van der Waals surface area contributed by atoms with Gasteiger partial charge in [-0.3, -0.25) is 9.59 Å². The zero-order valence-corrected chi connectivity index (χ0v) is 16.9. The Kier molecular flexibility index (Phi) is 5.90. The number of nitrogens with zero attached hydrogens (tertiary/aromatic N) is 1. The number of benzene rings is 2. The third-order valence-corrected chi connectivity index (χ3v) is 6.38. The summed E-state index contributed by atoms with van der Waals surface area (Å²) in [6.07, 6.45) is 2.10. The van der Waals surface area contributed by atoms with Crippen LogP contribution in [0.25, 0.3) is 0 Å². The smallest absolute Gasteiger partial charge is 0.251 e. The molecule has 0 bridgehead atoms. The standard InChI is InChI=1S/C21H21ClN2O3S/c22-17-6-2-1-4-15(17)12-24-18-10-14(7-8-19(18)28-13-20(24)25)21(26)23-11-16-5-3-9-27-16/h1-2,4,6-8,10,16H,3,5,9,11-13H2,(H,23,26). The Bertz CT molecular complexity index is 899. The fourth-order valence-corrected chi connectivity index (χ4v) is 4.54. The number of fused-ring (bicyclic) bond motifs is 1. The molecule has 0 spiro atoms. The van der Waals surface area contributed by atoms with Crippen molar-refractivity contribution in [3.05, 3.63) is 58.6 Å². The van der Waals surface area contributed by atoms with Crippen molar-refractivity contribution in [2.75, 3.05) is 23.8 Å². The molecule has 0 aliphatic carbocycles. The number of ether oxygens (including phenoxy) is 1. The molecule has 2 aliphatic rings. The van der Waals surface area contributed by atoms with Gasteiger partial charge in [0.2, 0.25) is 5.91 Å². The average molecular weight is 417 g/mol. The molecule has 0 saturated carbocycles. The Balaban J connectivity index is 1.55. The van der Waals surface area contributed by atoms with Gasteiger partial charge in [0.1, 0.15) is 0 Å². The van der Waals surface area contributed by atoms with Crippen LogP contribution in [0.3, 0.4) is 0 Å². The van der Waals surface area contributed by atoms with Gasteiger partial charge in [-0.25, -0.2) is 0 Å². The number of amides is 2. The zero-order chi connectivity index (χ0) is 19.5. The second-order valence-corrected chi connectivity index (χ2v) is 8.31.